The number of rotatable bonds is 5. The molecule has 0 bridgehead atoms. The molecule has 3 nitrogen and oxygen atoms in total. The van der Waals surface area contributed by atoms with E-state index in [1.54, 1.807) is 0 Å². The van der Waals surface area contributed by atoms with E-state index in [-0.39, 0.29) is 5.41 Å². The van der Waals surface area contributed by atoms with Crippen molar-refractivity contribution in [2.45, 2.75) is 39.2 Å². The quantitative estimate of drug-likeness (QED) is 0.575. The lowest BCUT2D eigenvalue weighted by Gasteiger charge is -2.19. The molecule has 0 atom stereocenters. The number of hydrogen-bond donors (Lipinski definition) is 3. The minimum Gasteiger partial charge on any atom is -0.362 e. The zero-order valence-corrected chi connectivity index (χ0v) is 16.5. The maximum absolute atomic E-state index is 5.40. The third-order valence-corrected chi connectivity index (χ3v) is 4.92. The summed E-state index contributed by atoms with van der Waals surface area (Å²) >= 11 is 5.40. The summed E-state index contributed by atoms with van der Waals surface area (Å²) in [6.45, 7) is 8.24. The van der Waals surface area contributed by atoms with E-state index in [4.69, 9.17) is 12.2 Å². The molecule has 136 valence electrons. The Morgan fingerprint density at radius 1 is 1.00 bits per heavy atom. The van der Waals surface area contributed by atoms with E-state index >= 15 is 0 Å². The number of thiocarbonyl (C=S) groups is 1. The molecule has 0 saturated heterocycles. The fourth-order valence-corrected chi connectivity index (χ4v) is 3.19. The van der Waals surface area contributed by atoms with Crippen molar-refractivity contribution in [2.24, 2.45) is 0 Å². The van der Waals surface area contributed by atoms with E-state index in [0.717, 1.165) is 19.5 Å². The van der Waals surface area contributed by atoms with Crippen LogP contribution in [0.3, 0.4) is 0 Å². The summed E-state index contributed by atoms with van der Waals surface area (Å²) in [7, 11) is 0. The molecule has 0 fully saturated rings. The van der Waals surface area contributed by atoms with Crippen LogP contribution in [0, 0.1) is 0 Å². The molecule has 0 saturated carbocycles. The van der Waals surface area contributed by atoms with Gasteiger partial charge in [0, 0.05) is 30.2 Å². The molecule has 0 amide bonds. The summed E-state index contributed by atoms with van der Waals surface area (Å²) in [6.07, 6.45) is 3.02. The highest BCUT2D eigenvalue weighted by Gasteiger charge is 2.12. The Bertz CT molecular complexity index is 872. The predicted octanol–water partition coefficient (Wildman–Crippen LogP) is 4.67. The fraction of sp³-hybridized carbons (Fsp3) is 0.318. The van der Waals surface area contributed by atoms with Gasteiger partial charge in [-0.25, -0.2) is 0 Å². The first-order valence-electron chi connectivity index (χ1n) is 9.09. The highest BCUT2D eigenvalue weighted by molar-refractivity contribution is 7.80. The first kappa shape index (κ1) is 18.5. The molecule has 0 aliphatic heterocycles. The number of H-pyrrole nitrogens is 1. The Labute approximate surface area is 161 Å². The molecule has 0 unspecified atom stereocenters. The van der Waals surface area contributed by atoms with Crippen LogP contribution < -0.4 is 10.6 Å². The number of hydrogen-bond acceptors (Lipinski definition) is 1. The Balaban J connectivity index is 1.44. The van der Waals surface area contributed by atoms with E-state index < -0.39 is 0 Å². The first-order chi connectivity index (χ1) is 12.4. The van der Waals surface area contributed by atoms with Crippen LogP contribution in [0.5, 0.6) is 0 Å². The lowest BCUT2D eigenvalue weighted by atomic mass is 9.87. The molecule has 2 aromatic carbocycles. The highest BCUT2D eigenvalue weighted by atomic mass is 32.1. The van der Waals surface area contributed by atoms with E-state index in [1.165, 1.54) is 27.6 Å². The summed E-state index contributed by atoms with van der Waals surface area (Å²) in [5.74, 6) is 0. The average molecular weight is 366 g/mol. The Hall–Kier alpha value is -2.33. The van der Waals surface area contributed by atoms with Gasteiger partial charge in [0.2, 0.25) is 0 Å². The molecule has 0 radical (unpaired) electrons. The fourth-order valence-electron chi connectivity index (χ4n) is 3.02. The Kier molecular flexibility index (Phi) is 5.62. The van der Waals surface area contributed by atoms with Crippen LogP contribution >= 0.6 is 12.2 Å². The molecule has 4 heteroatoms. The smallest absolute Gasteiger partial charge is 0.166 e. The van der Waals surface area contributed by atoms with Crippen molar-refractivity contribution in [1.82, 2.24) is 15.6 Å². The van der Waals surface area contributed by atoms with Crippen LogP contribution in [0.15, 0.2) is 54.7 Å². The van der Waals surface area contributed by atoms with Gasteiger partial charge in [0.15, 0.2) is 5.11 Å². The SMILES string of the molecule is CC(C)(C)c1ccc(CNC(=S)NCCc2c[nH]c3ccccc23)cc1. The van der Waals surface area contributed by atoms with Crippen molar-refractivity contribution in [1.29, 1.82) is 0 Å². The lowest BCUT2D eigenvalue weighted by Crippen LogP contribution is -2.35. The third-order valence-electron chi connectivity index (χ3n) is 4.63. The van der Waals surface area contributed by atoms with Crippen LogP contribution in [0.25, 0.3) is 10.9 Å². The second-order valence-corrected chi connectivity index (χ2v) is 8.07. The summed E-state index contributed by atoms with van der Waals surface area (Å²) in [6, 6.07) is 17.1. The zero-order valence-electron chi connectivity index (χ0n) is 15.7. The van der Waals surface area contributed by atoms with Crippen LogP contribution in [0.4, 0.5) is 0 Å². The second-order valence-electron chi connectivity index (χ2n) is 7.67. The number of benzene rings is 2. The molecular weight excluding hydrogens is 338 g/mol. The van der Waals surface area contributed by atoms with Crippen molar-refractivity contribution in [3.63, 3.8) is 0 Å². The van der Waals surface area contributed by atoms with Crippen molar-refractivity contribution >= 4 is 28.2 Å². The summed E-state index contributed by atoms with van der Waals surface area (Å²) in [5.41, 5.74) is 5.26. The van der Waals surface area contributed by atoms with Crippen molar-refractivity contribution in [3.8, 4) is 0 Å². The van der Waals surface area contributed by atoms with Crippen molar-refractivity contribution in [3.05, 3.63) is 71.4 Å². The maximum Gasteiger partial charge on any atom is 0.166 e. The minimum absolute atomic E-state index is 0.186. The van der Waals surface area contributed by atoms with E-state index in [1.807, 2.05) is 6.07 Å². The molecular formula is C22H27N3S. The van der Waals surface area contributed by atoms with Gasteiger partial charge >= 0.3 is 0 Å². The van der Waals surface area contributed by atoms with Crippen molar-refractivity contribution in [2.75, 3.05) is 6.54 Å². The number of aromatic nitrogens is 1. The van der Waals surface area contributed by atoms with Gasteiger partial charge in [-0.2, -0.15) is 0 Å². The third kappa shape index (κ3) is 4.64. The van der Waals surface area contributed by atoms with E-state index in [2.05, 4.69) is 85.1 Å². The topological polar surface area (TPSA) is 39.8 Å². The summed E-state index contributed by atoms with van der Waals surface area (Å²) in [5, 5.41) is 8.57. The molecule has 26 heavy (non-hydrogen) atoms. The summed E-state index contributed by atoms with van der Waals surface area (Å²) in [4.78, 5) is 3.31. The normalized spacial score (nSPS) is 11.5. The second kappa shape index (κ2) is 7.92. The molecule has 1 heterocycles. The standard InChI is InChI=1S/C22H27N3S/c1-22(2,3)18-10-8-16(9-11-18)14-25-21(26)23-13-12-17-15-24-20-7-5-4-6-19(17)20/h4-11,15,24H,12-14H2,1-3H3,(H2,23,25,26). The largest absolute Gasteiger partial charge is 0.362 e. The number of nitrogens with one attached hydrogen (secondary N) is 3. The van der Waals surface area contributed by atoms with Gasteiger partial charge in [0.25, 0.3) is 0 Å². The monoisotopic (exact) mass is 365 g/mol. The Morgan fingerprint density at radius 3 is 2.46 bits per heavy atom. The number of fused-ring (bicyclic) bond motifs is 1. The average Bonchev–Trinajstić information content (AvgIpc) is 3.03. The lowest BCUT2D eigenvalue weighted by molar-refractivity contribution is 0.590. The van der Waals surface area contributed by atoms with Gasteiger partial charge in [-0.3, -0.25) is 0 Å². The zero-order chi connectivity index (χ0) is 18.6. The van der Waals surface area contributed by atoms with Crippen LogP contribution in [-0.2, 0) is 18.4 Å². The van der Waals surface area contributed by atoms with Crippen molar-refractivity contribution < 1.29 is 0 Å². The van der Waals surface area contributed by atoms with Gasteiger partial charge < -0.3 is 15.6 Å². The molecule has 3 N–H and O–H groups in total. The number of aromatic amines is 1. The van der Waals surface area contributed by atoms with E-state index in [0.29, 0.717) is 5.11 Å². The first-order valence-corrected chi connectivity index (χ1v) is 9.50. The van der Waals surface area contributed by atoms with Gasteiger partial charge in [-0.1, -0.05) is 63.2 Å². The highest BCUT2D eigenvalue weighted by Crippen LogP contribution is 2.22. The van der Waals surface area contributed by atoms with Crippen LogP contribution in [-0.4, -0.2) is 16.6 Å². The van der Waals surface area contributed by atoms with E-state index in [9.17, 15) is 0 Å². The van der Waals surface area contributed by atoms with Gasteiger partial charge in [-0.15, -0.1) is 0 Å². The molecule has 3 rings (SSSR count). The van der Waals surface area contributed by atoms with Crippen LogP contribution in [0.1, 0.15) is 37.5 Å². The maximum atomic E-state index is 5.40. The molecule has 0 aliphatic carbocycles. The summed E-state index contributed by atoms with van der Waals surface area (Å²) < 4.78 is 0. The molecule has 1 aromatic heterocycles. The molecule has 0 aliphatic rings. The molecule has 0 spiro atoms. The molecule has 3 aromatic rings. The Morgan fingerprint density at radius 2 is 1.73 bits per heavy atom. The van der Waals surface area contributed by atoms with Crippen LogP contribution in [0.2, 0.25) is 0 Å². The van der Waals surface area contributed by atoms with Gasteiger partial charge in [0.1, 0.15) is 0 Å². The van der Waals surface area contributed by atoms with Gasteiger partial charge in [-0.05, 0) is 46.8 Å². The minimum atomic E-state index is 0.186. The van der Waals surface area contributed by atoms with Gasteiger partial charge in [0.05, 0.1) is 0 Å². The number of para-hydroxylation sites is 1. The predicted molar refractivity (Wildman–Crippen MR) is 115 cm³/mol.